The van der Waals surface area contributed by atoms with E-state index in [2.05, 4.69) is 4.72 Å². The molecule has 2 rings (SSSR count). The highest BCUT2D eigenvalue weighted by molar-refractivity contribution is 7.89. The minimum absolute atomic E-state index is 0.0470. The van der Waals surface area contributed by atoms with Gasteiger partial charge >= 0.3 is 5.97 Å². The molecule has 1 aliphatic heterocycles. The Labute approximate surface area is 152 Å². The summed E-state index contributed by atoms with van der Waals surface area (Å²) in [6.07, 6.45) is 1.04. The molecule has 0 aromatic heterocycles. The Morgan fingerprint density at radius 2 is 1.84 bits per heavy atom. The van der Waals surface area contributed by atoms with Crippen molar-refractivity contribution in [1.82, 2.24) is 9.62 Å². The van der Waals surface area contributed by atoms with Gasteiger partial charge in [-0.25, -0.2) is 13.1 Å². The molecule has 0 bridgehead atoms. The molecule has 1 amide bonds. The lowest BCUT2D eigenvalue weighted by Crippen LogP contribution is -2.45. The Kier molecular flexibility index (Phi) is 6.80. The van der Waals surface area contributed by atoms with Crippen LogP contribution in [0.4, 0.5) is 0 Å². The molecule has 1 N–H and O–H groups in total. The smallest absolute Gasteiger partial charge is 0.309 e. The van der Waals surface area contributed by atoms with Gasteiger partial charge in [-0.1, -0.05) is 11.6 Å². The summed E-state index contributed by atoms with van der Waals surface area (Å²) >= 11 is 5.74. The Bertz CT molecular complexity index is 713. The van der Waals surface area contributed by atoms with Crippen LogP contribution in [0.1, 0.15) is 19.8 Å². The zero-order valence-corrected chi connectivity index (χ0v) is 15.5. The minimum Gasteiger partial charge on any atom is -0.466 e. The highest BCUT2D eigenvalue weighted by atomic mass is 35.5. The number of rotatable bonds is 6. The van der Waals surface area contributed by atoms with Gasteiger partial charge in [-0.05, 0) is 44.0 Å². The molecular weight excluding hydrogens is 368 g/mol. The van der Waals surface area contributed by atoms with Crippen molar-refractivity contribution < 1.29 is 22.7 Å². The monoisotopic (exact) mass is 388 g/mol. The number of carbonyl (C=O) groups is 2. The van der Waals surface area contributed by atoms with E-state index in [1.165, 1.54) is 24.3 Å². The van der Waals surface area contributed by atoms with Gasteiger partial charge in [0.1, 0.15) is 0 Å². The summed E-state index contributed by atoms with van der Waals surface area (Å²) in [5.74, 6) is -0.757. The van der Waals surface area contributed by atoms with Crippen molar-refractivity contribution in [1.29, 1.82) is 0 Å². The van der Waals surface area contributed by atoms with Crippen molar-refractivity contribution in [3.8, 4) is 0 Å². The second-order valence-corrected chi connectivity index (χ2v) is 7.89. The van der Waals surface area contributed by atoms with Crippen LogP contribution in [-0.4, -0.2) is 51.4 Å². The highest BCUT2D eigenvalue weighted by Crippen LogP contribution is 2.19. The van der Waals surface area contributed by atoms with Gasteiger partial charge in [-0.15, -0.1) is 0 Å². The fourth-order valence-electron chi connectivity index (χ4n) is 2.59. The third-order valence-electron chi connectivity index (χ3n) is 4.00. The van der Waals surface area contributed by atoms with Crippen LogP contribution in [-0.2, 0) is 24.3 Å². The molecule has 0 saturated carbocycles. The van der Waals surface area contributed by atoms with E-state index in [0.29, 0.717) is 37.6 Å². The Morgan fingerprint density at radius 3 is 2.40 bits per heavy atom. The summed E-state index contributed by atoms with van der Waals surface area (Å²) < 4.78 is 31.6. The molecule has 1 aliphatic rings. The average Bonchev–Trinajstić information content (AvgIpc) is 2.60. The van der Waals surface area contributed by atoms with Gasteiger partial charge in [-0.3, -0.25) is 9.59 Å². The van der Waals surface area contributed by atoms with E-state index in [0.717, 1.165) is 0 Å². The predicted molar refractivity (Wildman–Crippen MR) is 92.6 cm³/mol. The summed E-state index contributed by atoms with van der Waals surface area (Å²) in [6.45, 7) is 2.58. The molecule has 9 heteroatoms. The fraction of sp³-hybridized carbons (Fsp3) is 0.500. The van der Waals surface area contributed by atoms with E-state index < -0.39 is 10.0 Å². The summed E-state index contributed by atoms with van der Waals surface area (Å²) in [7, 11) is -3.77. The van der Waals surface area contributed by atoms with Crippen LogP contribution in [0.25, 0.3) is 0 Å². The van der Waals surface area contributed by atoms with Crippen LogP contribution in [0, 0.1) is 5.92 Å². The number of amides is 1. The van der Waals surface area contributed by atoms with Crippen molar-refractivity contribution in [2.24, 2.45) is 5.92 Å². The second kappa shape index (κ2) is 8.64. The number of halogens is 1. The maximum atomic E-state index is 12.2. The first-order valence-corrected chi connectivity index (χ1v) is 9.89. The molecule has 25 heavy (non-hydrogen) atoms. The normalized spacial score (nSPS) is 15.8. The number of sulfonamides is 1. The van der Waals surface area contributed by atoms with Crippen molar-refractivity contribution >= 4 is 33.5 Å². The SMILES string of the molecule is CCOC(=O)C1CCN(C(=O)CNS(=O)(=O)c2ccc(Cl)cc2)CC1. The Balaban J connectivity index is 1.85. The molecule has 1 fully saturated rings. The van der Waals surface area contributed by atoms with Gasteiger partial charge in [0, 0.05) is 18.1 Å². The number of carbonyl (C=O) groups excluding carboxylic acids is 2. The molecule has 1 aromatic rings. The largest absolute Gasteiger partial charge is 0.466 e. The van der Waals surface area contributed by atoms with Gasteiger partial charge in [0.05, 0.1) is 24.0 Å². The quantitative estimate of drug-likeness (QED) is 0.744. The fourth-order valence-corrected chi connectivity index (χ4v) is 3.69. The highest BCUT2D eigenvalue weighted by Gasteiger charge is 2.28. The maximum absolute atomic E-state index is 12.2. The molecule has 1 aromatic carbocycles. The molecule has 138 valence electrons. The zero-order chi connectivity index (χ0) is 18.4. The summed E-state index contributed by atoms with van der Waals surface area (Å²) in [5, 5.41) is 0.430. The number of nitrogens with one attached hydrogen (secondary N) is 1. The van der Waals surface area contributed by atoms with E-state index >= 15 is 0 Å². The first-order chi connectivity index (χ1) is 11.8. The lowest BCUT2D eigenvalue weighted by molar-refractivity contribution is -0.151. The van der Waals surface area contributed by atoms with Crippen LogP contribution in [0.15, 0.2) is 29.2 Å². The predicted octanol–water partition coefficient (Wildman–Crippen LogP) is 1.42. The summed E-state index contributed by atoms with van der Waals surface area (Å²) in [4.78, 5) is 25.5. The number of hydrogen-bond donors (Lipinski definition) is 1. The van der Waals surface area contributed by atoms with Crippen LogP contribution in [0.5, 0.6) is 0 Å². The van der Waals surface area contributed by atoms with Crippen molar-refractivity contribution in [3.63, 3.8) is 0 Å². The number of piperidine rings is 1. The van der Waals surface area contributed by atoms with E-state index in [1.807, 2.05) is 0 Å². The van der Waals surface area contributed by atoms with Gasteiger partial charge < -0.3 is 9.64 Å². The minimum atomic E-state index is -3.77. The average molecular weight is 389 g/mol. The number of nitrogens with zero attached hydrogens (tertiary/aromatic N) is 1. The lowest BCUT2D eigenvalue weighted by Gasteiger charge is -2.30. The van der Waals surface area contributed by atoms with Crippen LogP contribution in [0.2, 0.25) is 5.02 Å². The molecular formula is C16H21ClN2O5S. The first-order valence-electron chi connectivity index (χ1n) is 8.03. The Hall–Kier alpha value is -1.64. The zero-order valence-electron chi connectivity index (χ0n) is 13.9. The third kappa shape index (κ3) is 5.42. The number of ether oxygens (including phenoxy) is 1. The van der Waals surface area contributed by atoms with E-state index in [4.69, 9.17) is 16.3 Å². The summed E-state index contributed by atoms with van der Waals surface area (Å²) in [6, 6.07) is 5.69. The van der Waals surface area contributed by atoms with Gasteiger partial charge in [-0.2, -0.15) is 0 Å². The molecule has 1 heterocycles. The standard InChI is InChI=1S/C16H21ClN2O5S/c1-2-24-16(21)12-7-9-19(10-8-12)15(20)11-18-25(22,23)14-5-3-13(17)4-6-14/h3-6,12,18H,2,7-11H2,1H3. The molecule has 0 spiro atoms. The number of esters is 1. The molecule has 7 nitrogen and oxygen atoms in total. The maximum Gasteiger partial charge on any atom is 0.309 e. The molecule has 0 radical (unpaired) electrons. The van der Waals surface area contributed by atoms with Gasteiger partial charge in [0.15, 0.2) is 0 Å². The lowest BCUT2D eigenvalue weighted by atomic mass is 9.97. The molecule has 0 unspecified atom stereocenters. The number of benzene rings is 1. The number of hydrogen-bond acceptors (Lipinski definition) is 5. The van der Waals surface area contributed by atoms with Gasteiger partial charge in [0.2, 0.25) is 15.9 Å². The van der Waals surface area contributed by atoms with Gasteiger partial charge in [0.25, 0.3) is 0 Å². The van der Waals surface area contributed by atoms with Crippen molar-refractivity contribution in [3.05, 3.63) is 29.3 Å². The second-order valence-electron chi connectivity index (χ2n) is 5.69. The van der Waals surface area contributed by atoms with Crippen LogP contribution in [0.3, 0.4) is 0 Å². The summed E-state index contributed by atoms with van der Waals surface area (Å²) in [5.41, 5.74) is 0. The molecule has 0 atom stereocenters. The first kappa shape index (κ1) is 19.7. The third-order valence-corrected chi connectivity index (χ3v) is 5.67. The topological polar surface area (TPSA) is 92.8 Å². The van der Waals surface area contributed by atoms with E-state index in [9.17, 15) is 18.0 Å². The van der Waals surface area contributed by atoms with E-state index in [-0.39, 0.29) is 29.2 Å². The number of likely N-dealkylation sites (tertiary alicyclic amines) is 1. The molecule has 1 saturated heterocycles. The Morgan fingerprint density at radius 1 is 1.24 bits per heavy atom. The van der Waals surface area contributed by atoms with Crippen LogP contribution >= 0.6 is 11.6 Å². The van der Waals surface area contributed by atoms with Crippen LogP contribution < -0.4 is 4.72 Å². The molecule has 0 aliphatic carbocycles. The van der Waals surface area contributed by atoms with Crippen molar-refractivity contribution in [2.75, 3.05) is 26.2 Å². The van der Waals surface area contributed by atoms with E-state index in [1.54, 1.807) is 11.8 Å². The van der Waals surface area contributed by atoms with Crippen molar-refractivity contribution in [2.45, 2.75) is 24.7 Å².